The number of benzene rings is 1. The van der Waals surface area contributed by atoms with Crippen LogP contribution >= 0.6 is 27.3 Å². The molecule has 2 atom stereocenters. The maximum Gasteiger partial charge on any atom is 0.215 e. The van der Waals surface area contributed by atoms with Gasteiger partial charge in [0.15, 0.2) is 0 Å². The van der Waals surface area contributed by atoms with Gasteiger partial charge >= 0.3 is 0 Å². The molecule has 0 bridgehead atoms. The van der Waals surface area contributed by atoms with Gasteiger partial charge in [0.1, 0.15) is 5.75 Å². The Kier molecular flexibility index (Phi) is 3.60. The Labute approximate surface area is 157 Å². The molecule has 25 heavy (non-hydrogen) atoms. The van der Waals surface area contributed by atoms with Gasteiger partial charge in [-0.25, -0.2) is 5.01 Å². The van der Waals surface area contributed by atoms with E-state index < -0.39 is 0 Å². The molecule has 0 fully saturated rings. The summed E-state index contributed by atoms with van der Waals surface area (Å²) in [6, 6.07) is 14.5. The highest BCUT2D eigenvalue weighted by molar-refractivity contribution is 9.10. The standard InChI is InChI=1S/C19H14BrN3OS/c20-13-5-6-17-14(9-13)16-10-15(18-4-2-8-25-18)22-23(16)19(24-17)12-3-1-7-21-11-12/h1-9,11,16,19H,10H2/t16-,19-/m0/s1. The molecule has 0 N–H and O–H groups in total. The zero-order valence-corrected chi connectivity index (χ0v) is 15.6. The van der Waals surface area contributed by atoms with Crippen LogP contribution in [0.1, 0.15) is 34.7 Å². The van der Waals surface area contributed by atoms with Crippen molar-refractivity contribution in [3.8, 4) is 5.75 Å². The molecule has 0 saturated carbocycles. The molecule has 0 aliphatic carbocycles. The Morgan fingerprint density at radius 1 is 1.20 bits per heavy atom. The monoisotopic (exact) mass is 411 g/mol. The maximum atomic E-state index is 6.31. The van der Waals surface area contributed by atoms with Crippen LogP contribution in [0.4, 0.5) is 0 Å². The van der Waals surface area contributed by atoms with Gasteiger partial charge in [-0.05, 0) is 35.7 Å². The summed E-state index contributed by atoms with van der Waals surface area (Å²) in [5, 5.41) is 9.11. The summed E-state index contributed by atoms with van der Waals surface area (Å²) in [5.41, 5.74) is 3.30. The Bertz CT molecular complexity index is 943. The number of hydrogen-bond donors (Lipinski definition) is 0. The summed E-state index contributed by atoms with van der Waals surface area (Å²) in [6.45, 7) is 0. The minimum Gasteiger partial charge on any atom is -0.464 e. The Balaban J connectivity index is 1.62. The first kappa shape index (κ1) is 15.1. The molecule has 4 nitrogen and oxygen atoms in total. The molecule has 6 heteroatoms. The molecular weight excluding hydrogens is 398 g/mol. The summed E-state index contributed by atoms with van der Waals surface area (Å²) in [5.74, 6) is 0.918. The number of fused-ring (bicyclic) bond motifs is 3. The van der Waals surface area contributed by atoms with Crippen molar-refractivity contribution in [3.63, 3.8) is 0 Å². The third kappa shape index (κ3) is 2.56. The van der Waals surface area contributed by atoms with Crippen molar-refractivity contribution in [1.29, 1.82) is 0 Å². The number of aromatic nitrogens is 1. The van der Waals surface area contributed by atoms with Gasteiger partial charge in [-0.2, -0.15) is 5.10 Å². The molecule has 0 radical (unpaired) electrons. The zero-order chi connectivity index (χ0) is 16.8. The average molecular weight is 412 g/mol. The van der Waals surface area contributed by atoms with E-state index in [4.69, 9.17) is 9.84 Å². The van der Waals surface area contributed by atoms with Crippen LogP contribution in [0.25, 0.3) is 0 Å². The smallest absolute Gasteiger partial charge is 0.215 e. The molecule has 1 aromatic carbocycles. The normalized spacial score (nSPS) is 21.3. The average Bonchev–Trinajstić information content (AvgIpc) is 3.31. The first-order valence-corrected chi connectivity index (χ1v) is 9.72. The van der Waals surface area contributed by atoms with Crippen LogP contribution < -0.4 is 4.74 Å². The number of rotatable bonds is 2. The number of pyridine rings is 1. The van der Waals surface area contributed by atoms with Crippen molar-refractivity contribution in [2.45, 2.75) is 18.7 Å². The van der Waals surface area contributed by atoms with E-state index in [9.17, 15) is 0 Å². The lowest BCUT2D eigenvalue weighted by molar-refractivity contribution is -0.0192. The van der Waals surface area contributed by atoms with Gasteiger partial charge in [0.05, 0.1) is 16.6 Å². The first-order chi connectivity index (χ1) is 12.3. The van der Waals surface area contributed by atoms with Crippen LogP contribution in [0.3, 0.4) is 0 Å². The van der Waals surface area contributed by atoms with E-state index in [0.717, 1.165) is 27.9 Å². The molecule has 2 aliphatic rings. The number of thiophene rings is 1. The van der Waals surface area contributed by atoms with Gasteiger partial charge < -0.3 is 4.74 Å². The van der Waals surface area contributed by atoms with Crippen molar-refractivity contribution in [2.75, 3.05) is 0 Å². The Morgan fingerprint density at radius 2 is 2.16 bits per heavy atom. The summed E-state index contributed by atoms with van der Waals surface area (Å²) < 4.78 is 7.37. The van der Waals surface area contributed by atoms with E-state index in [1.165, 1.54) is 10.4 Å². The maximum absolute atomic E-state index is 6.31. The van der Waals surface area contributed by atoms with E-state index >= 15 is 0 Å². The number of hydrazone groups is 1. The van der Waals surface area contributed by atoms with Crippen LogP contribution in [-0.4, -0.2) is 15.7 Å². The van der Waals surface area contributed by atoms with Gasteiger partial charge in [0.25, 0.3) is 0 Å². The fraction of sp³-hybridized carbons (Fsp3) is 0.158. The van der Waals surface area contributed by atoms with Crippen molar-refractivity contribution in [1.82, 2.24) is 9.99 Å². The molecule has 0 saturated heterocycles. The van der Waals surface area contributed by atoms with Gasteiger partial charge in [0, 0.05) is 34.4 Å². The van der Waals surface area contributed by atoms with Crippen molar-refractivity contribution in [3.05, 3.63) is 80.7 Å². The summed E-state index contributed by atoms with van der Waals surface area (Å²) >= 11 is 5.31. The third-order valence-corrected chi connectivity index (χ3v) is 5.94. The highest BCUT2D eigenvalue weighted by Gasteiger charge is 2.41. The molecule has 0 amide bonds. The second-order valence-corrected chi connectivity index (χ2v) is 7.93. The van der Waals surface area contributed by atoms with Gasteiger partial charge in [-0.15, -0.1) is 11.3 Å². The molecule has 4 heterocycles. The number of nitrogens with zero attached hydrogens (tertiary/aromatic N) is 3. The summed E-state index contributed by atoms with van der Waals surface area (Å²) in [7, 11) is 0. The molecule has 2 aromatic heterocycles. The fourth-order valence-corrected chi connectivity index (χ4v) is 4.49. The largest absolute Gasteiger partial charge is 0.464 e. The Hall–Kier alpha value is -2.18. The fourth-order valence-electron chi connectivity index (χ4n) is 3.39. The van der Waals surface area contributed by atoms with Crippen LogP contribution in [0.5, 0.6) is 5.75 Å². The second kappa shape index (κ2) is 5.97. The Morgan fingerprint density at radius 3 is 2.96 bits per heavy atom. The SMILES string of the molecule is Brc1ccc2c(c1)[C@@H]1CC(c3cccs3)=NN1[C@H](c1cccnc1)O2. The molecule has 124 valence electrons. The third-order valence-electron chi connectivity index (χ3n) is 4.53. The first-order valence-electron chi connectivity index (χ1n) is 8.05. The molecule has 5 rings (SSSR count). The number of ether oxygens (including phenoxy) is 1. The highest BCUT2D eigenvalue weighted by atomic mass is 79.9. The topological polar surface area (TPSA) is 37.7 Å². The second-order valence-electron chi connectivity index (χ2n) is 6.06. The molecule has 3 aromatic rings. The summed E-state index contributed by atoms with van der Waals surface area (Å²) in [6.07, 6.45) is 4.25. The predicted molar refractivity (Wildman–Crippen MR) is 102 cm³/mol. The molecule has 0 spiro atoms. The zero-order valence-electron chi connectivity index (χ0n) is 13.2. The van der Waals surface area contributed by atoms with E-state index in [0.29, 0.717) is 0 Å². The quantitative estimate of drug-likeness (QED) is 0.585. The molecular formula is C19H14BrN3OS. The van der Waals surface area contributed by atoms with E-state index in [1.54, 1.807) is 17.5 Å². The van der Waals surface area contributed by atoms with Gasteiger partial charge in [0.2, 0.25) is 6.23 Å². The molecule has 2 aliphatic heterocycles. The van der Waals surface area contributed by atoms with Crippen molar-refractivity contribution >= 4 is 33.0 Å². The van der Waals surface area contributed by atoms with Crippen LogP contribution in [0, 0.1) is 0 Å². The predicted octanol–water partition coefficient (Wildman–Crippen LogP) is 5.15. The summed E-state index contributed by atoms with van der Waals surface area (Å²) in [4.78, 5) is 5.47. The van der Waals surface area contributed by atoms with E-state index in [-0.39, 0.29) is 12.3 Å². The lowest BCUT2D eigenvalue weighted by Gasteiger charge is -2.38. The van der Waals surface area contributed by atoms with Crippen LogP contribution in [0.2, 0.25) is 0 Å². The van der Waals surface area contributed by atoms with E-state index in [1.807, 2.05) is 30.5 Å². The van der Waals surface area contributed by atoms with Gasteiger partial charge in [-0.3, -0.25) is 4.98 Å². The van der Waals surface area contributed by atoms with Crippen LogP contribution in [-0.2, 0) is 0 Å². The number of hydrogen-bond acceptors (Lipinski definition) is 5. The van der Waals surface area contributed by atoms with Gasteiger partial charge in [-0.1, -0.05) is 28.1 Å². The van der Waals surface area contributed by atoms with Crippen molar-refractivity contribution < 1.29 is 4.74 Å². The van der Waals surface area contributed by atoms with Crippen molar-refractivity contribution in [2.24, 2.45) is 5.10 Å². The lowest BCUT2D eigenvalue weighted by Crippen LogP contribution is -2.33. The van der Waals surface area contributed by atoms with E-state index in [2.05, 4.69) is 49.5 Å². The molecule has 0 unspecified atom stereocenters. The lowest BCUT2D eigenvalue weighted by atomic mass is 9.98. The minimum absolute atomic E-state index is 0.170. The van der Waals surface area contributed by atoms with Crippen LogP contribution in [0.15, 0.2) is 69.8 Å². The highest BCUT2D eigenvalue weighted by Crippen LogP contribution is 2.48. The minimum atomic E-state index is -0.259. The number of halogens is 1.